The van der Waals surface area contributed by atoms with Crippen LogP contribution in [-0.2, 0) is 4.74 Å². The molecule has 2 aromatic rings. The predicted octanol–water partition coefficient (Wildman–Crippen LogP) is 1.46. The number of hydrogen-bond acceptors (Lipinski definition) is 9. The summed E-state index contributed by atoms with van der Waals surface area (Å²) in [5.74, 6) is 3.16. The molecule has 0 spiro atoms. The summed E-state index contributed by atoms with van der Waals surface area (Å²) in [5.41, 5.74) is 1.10. The molecule has 0 radical (unpaired) electrons. The van der Waals surface area contributed by atoms with Gasteiger partial charge in [0.2, 0.25) is 5.95 Å². The molecule has 0 unspecified atom stereocenters. The molecule has 0 amide bonds. The Bertz CT molecular complexity index is 805. The molecule has 9 nitrogen and oxygen atoms in total. The quantitative estimate of drug-likeness (QED) is 0.727. The van der Waals surface area contributed by atoms with E-state index >= 15 is 0 Å². The minimum Gasteiger partial charge on any atom is -0.378 e. The van der Waals surface area contributed by atoms with Gasteiger partial charge in [0.05, 0.1) is 18.9 Å². The van der Waals surface area contributed by atoms with E-state index in [1.165, 1.54) is 0 Å². The van der Waals surface area contributed by atoms with Crippen molar-refractivity contribution in [2.45, 2.75) is 18.8 Å². The van der Waals surface area contributed by atoms with Gasteiger partial charge < -0.3 is 24.8 Å². The maximum atomic E-state index is 5.44. The zero-order valence-electron chi connectivity index (χ0n) is 18.0. The molecule has 0 saturated carbocycles. The minimum atomic E-state index is 0.476. The third-order valence-corrected chi connectivity index (χ3v) is 5.99. The lowest BCUT2D eigenvalue weighted by molar-refractivity contribution is 0.122. The molecule has 2 aliphatic rings. The number of likely N-dealkylation sites (N-methyl/N-ethyl adjacent to an activating group) is 1. The Morgan fingerprint density at radius 2 is 1.83 bits per heavy atom. The monoisotopic (exact) mass is 412 g/mol. The van der Waals surface area contributed by atoms with E-state index in [1.54, 1.807) is 12.4 Å². The van der Waals surface area contributed by atoms with Crippen molar-refractivity contribution >= 4 is 17.6 Å². The first-order valence-corrected chi connectivity index (χ1v) is 10.8. The van der Waals surface area contributed by atoms with Crippen LogP contribution in [0.5, 0.6) is 0 Å². The number of anilines is 3. The van der Waals surface area contributed by atoms with Crippen molar-refractivity contribution in [3.63, 3.8) is 0 Å². The Hall–Kier alpha value is -2.52. The van der Waals surface area contributed by atoms with E-state index < -0.39 is 0 Å². The number of ether oxygens (including phenoxy) is 1. The van der Waals surface area contributed by atoms with Crippen LogP contribution in [-0.4, -0.2) is 91.4 Å². The minimum absolute atomic E-state index is 0.476. The van der Waals surface area contributed by atoms with E-state index in [0.29, 0.717) is 5.92 Å². The molecule has 2 saturated heterocycles. The standard InChI is InChI=1S/C21H32N8O/c1-22-20-19(23-7-8-24-20)17-4-9-28(10-5-17)12-11-27(2)21-25-6-3-18(26-21)29-13-15-30-16-14-29/h3,6-8,17H,4-5,9-16H2,1-2H3,(H,22,24). The number of likely N-dealkylation sites (tertiary alicyclic amines) is 1. The van der Waals surface area contributed by atoms with Gasteiger partial charge in [-0.15, -0.1) is 0 Å². The van der Waals surface area contributed by atoms with Crippen LogP contribution in [0.2, 0.25) is 0 Å². The summed E-state index contributed by atoms with van der Waals surface area (Å²) in [6, 6.07) is 1.99. The molecule has 4 heterocycles. The van der Waals surface area contributed by atoms with Crippen molar-refractivity contribution in [3.8, 4) is 0 Å². The van der Waals surface area contributed by atoms with Gasteiger partial charge in [0.25, 0.3) is 0 Å². The van der Waals surface area contributed by atoms with Crippen LogP contribution in [0.25, 0.3) is 0 Å². The van der Waals surface area contributed by atoms with E-state index in [1.807, 2.05) is 19.3 Å². The van der Waals surface area contributed by atoms with Gasteiger partial charge in [0, 0.05) is 64.8 Å². The van der Waals surface area contributed by atoms with Crippen LogP contribution < -0.4 is 15.1 Å². The molecule has 0 atom stereocenters. The largest absolute Gasteiger partial charge is 0.378 e. The zero-order chi connectivity index (χ0) is 20.8. The Balaban J connectivity index is 1.27. The Labute approximate surface area is 178 Å². The zero-order valence-corrected chi connectivity index (χ0v) is 18.0. The highest BCUT2D eigenvalue weighted by Crippen LogP contribution is 2.30. The Kier molecular flexibility index (Phi) is 6.91. The van der Waals surface area contributed by atoms with E-state index in [9.17, 15) is 0 Å². The third kappa shape index (κ3) is 4.96. The molecular formula is C21H32N8O. The van der Waals surface area contributed by atoms with Crippen LogP contribution in [0.3, 0.4) is 0 Å². The van der Waals surface area contributed by atoms with Crippen molar-refractivity contribution in [2.24, 2.45) is 0 Å². The van der Waals surface area contributed by atoms with Gasteiger partial charge in [-0.25, -0.2) is 9.97 Å². The molecule has 2 fully saturated rings. The average Bonchev–Trinajstić information content (AvgIpc) is 2.83. The lowest BCUT2D eigenvalue weighted by atomic mass is 9.93. The summed E-state index contributed by atoms with van der Waals surface area (Å²) in [7, 11) is 3.98. The van der Waals surface area contributed by atoms with Crippen molar-refractivity contribution in [1.29, 1.82) is 0 Å². The van der Waals surface area contributed by atoms with Crippen molar-refractivity contribution in [2.75, 3.05) is 81.7 Å². The smallest absolute Gasteiger partial charge is 0.227 e. The van der Waals surface area contributed by atoms with Crippen LogP contribution in [0.4, 0.5) is 17.6 Å². The average molecular weight is 413 g/mol. The van der Waals surface area contributed by atoms with Gasteiger partial charge in [-0.1, -0.05) is 0 Å². The molecule has 0 bridgehead atoms. The maximum absolute atomic E-state index is 5.44. The highest BCUT2D eigenvalue weighted by Gasteiger charge is 2.24. The van der Waals surface area contributed by atoms with Crippen molar-refractivity contribution in [3.05, 3.63) is 30.4 Å². The second-order valence-electron chi connectivity index (χ2n) is 7.89. The van der Waals surface area contributed by atoms with Crippen LogP contribution in [0.1, 0.15) is 24.5 Å². The second kappa shape index (κ2) is 9.99. The third-order valence-electron chi connectivity index (χ3n) is 5.99. The molecule has 2 aliphatic heterocycles. The maximum Gasteiger partial charge on any atom is 0.227 e. The normalized spacial score (nSPS) is 18.4. The van der Waals surface area contributed by atoms with Gasteiger partial charge in [0.1, 0.15) is 11.6 Å². The summed E-state index contributed by atoms with van der Waals surface area (Å²) >= 11 is 0. The molecule has 0 aliphatic carbocycles. The number of nitrogens with zero attached hydrogens (tertiary/aromatic N) is 7. The van der Waals surface area contributed by atoms with Gasteiger partial charge in [-0.2, -0.15) is 4.98 Å². The predicted molar refractivity (Wildman–Crippen MR) is 118 cm³/mol. The van der Waals surface area contributed by atoms with Gasteiger partial charge in [0.15, 0.2) is 0 Å². The number of piperidine rings is 1. The Morgan fingerprint density at radius 3 is 2.60 bits per heavy atom. The van der Waals surface area contributed by atoms with E-state index in [4.69, 9.17) is 9.72 Å². The fraction of sp³-hybridized carbons (Fsp3) is 0.619. The number of aromatic nitrogens is 4. The van der Waals surface area contributed by atoms with E-state index in [2.05, 4.69) is 42.0 Å². The van der Waals surface area contributed by atoms with Crippen LogP contribution in [0.15, 0.2) is 24.7 Å². The lowest BCUT2D eigenvalue weighted by Crippen LogP contribution is -2.39. The highest BCUT2D eigenvalue weighted by molar-refractivity contribution is 5.44. The molecular weight excluding hydrogens is 380 g/mol. The first kappa shape index (κ1) is 20.7. The van der Waals surface area contributed by atoms with Gasteiger partial charge >= 0.3 is 0 Å². The molecule has 9 heteroatoms. The van der Waals surface area contributed by atoms with Crippen LogP contribution >= 0.6 is 0 Å². The highest BCUT2D eigenvalue weighted by atomic mass is 16.5. The summed E-state index contributed by atoms with van der Waals surface area (Å²) in [6.07, 6.45) is 7.62. The molecule has 2 aromatic heterocycles. The summed E-state index contributed by atoms with van der Waals surface area (Å²) in [5, 5.41) is 3.17. The lowest BCUT2D eigenvalue weighted by Gasteiger charge is -2.33. The number of hydrogen-bond donors (Lipinski definition) is 1. The first-order valence-electron chi connectivity index (χ1n) is 10.8. The first-order chi connectivity index (χ1) is 14.7. The molecule has 30 heavy (non-hydrogen) atoms. The number of morpholine rings is 1. The van der Waals surface area contributed by atoms with Gasteiger partial charge in [-0.05, 0) is 32.0 Å². The molecule has 4 rings (SSSR count). The summed E-state index contributed by atoms with van der Waals surface area (Å²) < 4.78 is 5.44. The molecule has 1 N–H and O–H groups in total. The topological polar surface area (TPSA) is 82.5 Å². The summed E-state index contributed by atoms with van der Waals surface area (Å²) in [6.45, 7) is 7.36. The fourth-order valence-electron chi connectivity index (χ4n) is 4.15. The summed E-state index contributed by atoms with van der Waals surface area (Å²) in [4.78, 5) is 25.2. The fourth-order valence-corrected chi connectivity index (χ4v) is 4.15. The SMILES string of the molecule is CNc1nccnc1C1CCN(CCN(C)c2nccc(N3CCOCC3)n2)CC1. The second-order valence-corrected chi connectivity index (χ2v) is 7.89. The molecule has 0 aromatic carbocycles. The molecule has 162 valence electrons. The Morgan fingerprint density at radius 1 is 1.07 bits per heavy atom. The van der Waals surface area contributed by atoms with Crippen molar-refractivity contribution < 1.29 is 4.74 Å². The van der Waals surface area contributed by atoms with Crippen molar-refractivity contribution in [1.82, 2.24) is 24.8 Å². The van der Waals surface area contributed by atoms with Gasteiger partial charge in [-0.3, -0.25) is 4.98 Å². The van der Waals surface area contributed by atoms with E-state index in [-0.39, 0.29) is 0 Å². The van der Waals surface area contributed by atoms with Crippen LogP contribution in [0, 0.1) is 0 Å². The number of nitrogens with one attached hydrogen (secondary N) is 1. The number of rotatable bonds is 7. The van der Waals surface area contributed by atoms with E-state index in [0.717, 1.165) is 88.6 Å².